The van der Waals surface area contributed by atoms with Gasteiger partial charge in [0.1, 0.15) is 0 Å². The number of carbonyl (C=O) groups is 1. The van der Waals surface area contributed by atoms with Gasteiger partial charge in [-0.05, 0) is 42.0 Å². The van der Waals surface area contributed by atoms with Crippen molar-refractivity contribution in [2.45, 2.75) is 52.7 Å². The predicted molar refractivity (Wildman–Crippen MR) is 104 cm³/mol. The van der Waals surface area contributed by atoms with Crippen molar-refractivity contribution in [3.05, 3.63) is 23.8 Å². The second-order valence-corrected chi connectivity index (χ2v) is 8.43. The van der Waals surface area contributed by atoms with Gasteiger partial charge in [0.2, 0.25) is 5.91 Å². The van der Waals surface area contributed by atoms with Crippen molar-refractivity contribution in [3.8, 4) is 0 Å². The number of benzene rings is 1. The molecule has 1 aliphatic heterocycles. The lowest BCUT2D eigenvalue weighted by molar-refractivity contribution is -0.135. The van der Waals surface area contributed by atoms with Gasteiger partial charge in [0.05, 0.1) is 6.10 Å². The minimum Gasteiger partial charge on any atom is -0.399 e. The first-order valence-electron chi connectivity index (χ1n) is 9.11. The average Bonchev–Trinajstić information content (AvgIpc) is 2.97. The Morgan fingerprint density at radius 2 is 2.04 bits per heavy atom. The number of rotatable bonds is 6. The van der Waals surface area contributed by atoms with Crippen LogP contribution in [0.2, 0.25) is 0 Å². The topological polar surface area (TPSA) is 58.8 Å². The number of anilines is 2. The summed E-state index contributed by atoms with van der Waals surface area (Å²) < 4.78 is 5.77. The van der Waals surface area contributed by atoms with Crippen LogP contribution in [0.1, 0.15) is 45.6 Å². The molecule has 2 rings (SSSR count). The van der Waals surface area contributed by atoms with E-state index in [0.29, 0.717) is 19.5 Å². The lowest BCUT2D eigenvalue weighted by Gasteiger charge is -2.30. The Balaban J connectivity index is 2.22. The third-order valence-corrected chi connectivity index (χ3v) is 4.43. The Labute approximate surface area is 152 Å². The summed E-state index contributed by atoms with van der Waals surface area (Å²) in [6, 6.07) is 5.89. The molecule has 1 aromatic rings. The number of amides is 1. The van der Waals surface area contributed by atoms with Gasteiger partial charge in [0, 0.05) is 51.6 Å². The SMILES string of the molecule is CN(C)c1ccc(N)cc1CN(C[C@H]1CCCO1)C(=O)CC(C)(C)C. The van der Waals surface area contributed by atoms with E-state index in [4.69, 9.17) is 10.5 Å². The van der Waals surface area contributed by atoms with E-state index in [9.17, 15) is 4.79 Å². The Morgan fingerprint density at radius 3 is 2.60 bits per heavy atom. The first kappa shape index (κ1) is 19.6. The second kappa shape index (κ2) is 8.09. The standard InChI is InChI=1S/C20H33N3O2/c1-20(2,3)12-19(24)23(14-17-7-6-10-25-17)13-15-11-16(21)8-9-18(15)22(4)5/h8-9,11,17H,6-7,10,12-14,21H2,1-5H3/t17-/m1/s1. The summed E-state index contributed by atoms with van der Waals surface area (Å²) in [7, 11) is 4.02. The molecule has 0 aromatic heterocycles. The van der Waals surface area contributed by atoms with Crippen LogP contribution in [0.15, 0.2) is 18.2 Å². The van der Waals surface area contributed by atoms with Gasteiger partial charge in [0.15, 0.2) is 0 Å². The van der Waals surface area contributed by atoms with E-state index < -0.39 is 0 Å². The Hall–Kier alpha value is -1.75. The zero-order valence-electron chi connectivity index (χ0n) is 16.3. The van der Waals surface area contributed by atoms with Crippen LogP contribution in [0.25, 0.3) is 0 Å². The lowest BCUT2D eigenvalue weighted by atomic mass is 9.91. The van der Waals surface area contributed by atoms with Crippen LogP contribution in [0.5, 0.6) is 0 Å². The number of hydrogen-bond acceptors (Lipinski definition) is 4. The van der Waals surface area contributed by atoms with E-state index in [0.717, 1.165) is 36.4 Å². The van der Waals surface area contributed by atoms with E-state index in [1.807, 2.05) is 37.2 Å². The average molecular weight is 348 g/mol. The highest BCUT2D eigenvalue weighted by Crippen LogP contribution is 2.26. The molecule has 25 heavy (non-hydrogen) atoms. The molecular formula is C20H33N3O2. The molecule has 0 saturated carbocycles. The van der Waals surface area contributed by atoms with Crippen LogP contribution in [0.4, 0.5) is 11.4 Å². The molecule has 1 aromatic carbocycles. The lowest BCUT2D eigenvalue weighted by Crippen LogP contribution is -2.38. The highest BCUT2D eigenvalue weighted by atomic mass is 16.5. The number of carbonyl (C=O) groups excluding carboxylic acids is 1. The molecule has 0 spiro atoms. The maximum atomic E-state index is 12.9. The second-order valence-electron chi connectivity index (χ2n) is 8.43. The molecule has 1 saturated heterocycles. The van der Waals surface area contributed by atoms with E-state index in [1.54, 1.807) is 0 Å². The Kier molecular flexibility index (Phi) is 6.33. The van der Waals surface area contributed by atoms with Crippen LogP contribution >= 0.6 is 0 Å². The normalized spacial score (nSPS) is 17.6. The predicted octanol–water partition coefficient (Wildman–Crippen LogP) is 3.28. The monoisotopic (exact) mass is 347 g/mol. The summed E-state index contributed by atoms with van der Waals surface area (Å²) in [5, 5.41) is 0. The molecule has 0 bridgehead atoms. The molecule has 0 unspecified atom stereocenters. The van der Waals surface area contributed by atoms with Crippen molar-refractivity contribution >= 4 is 17.3 Å². The van der Waals surface area contributed by atoms with Crippen molar-refractivity contribution in [2.24, 2.45) is 5.41 Å². The summed E-state index contributed by atoms with van der Waals surface area (Å²) in [5.41, 5.74) is 8.85. The summed E-state index contributed by atoms with van der Waals surface area (Å²) in [4.78, 5) is 17.0. The van der Waals surface area contributed by atoms with Crippen molar-refractivity contribution in [1.82, 2.24) is 4.90 Å². The quantitative estimate of drug-likeness (QED) is 0.802. The smallest absolute Gasteiger partial charge is 0.223 e. The Bertz CT molecular complexity index is 587. The van der Waals surface area contributed by atoms with E-state index in [1.165, 1.54) is 0 Å². The molecule has 5 heteroatoms. The molecule has 1 atom stereocenters. The summed E-state index contributed by atoms with van der Waals surface area (Å²) in [5.74, 6) is 0.176. The van der Waals surface area contributed by atoms with Gasteiger partial charge in [-0.3, -0.25) is 4.79 Å². The third kappa shape index (κ3) is 5.92. The van der Waals surface area contributed by atoms with Gasteiger partial charge >= 0.3 is 0 Å². The summed E-state index contributed by atoms with van der Waals surface area (Å²) >= 11 is 0. The number of nitrogens with zero attached hydrogens (tertiary/aromatic N) is 2. The minimum absolute atomic E-state index is 0.0358. The largest absolute Gasteiger partial charge is 0.399 e. The fraction of sp³-hybridized carbons (Fsp3) is 0.650. The Morgan fingerprint density at radius 1 is 1.32 bits per heavy atom. The van der Waals surface area contributed by atoms with Crippen LogP contribution in [-0.4, -0.2) is 44.2 Å². The molecule has 140 valence electrons. The van der Waals surface area contributed by atoms with E-state index >= 15 is 0 Å². The van der Waals surface area contributed by atoms with Gasteiger partial charge in [-0.15, -0.1) is 0 Å². The number of nitrogens with two attached hydrogens (primary N) is 1. The minimum atomic E-state index is -0.0358. The first-order valence-corrected chi connectivity index (χ1v) is 9.11. The van der Waals surface area contributed by atoms with Crippen LogP contribution in [0, 0.1) is 5.41 Å². The van der Waals surface area contributed by atoms with Crippen molar-refractivity contribution in [2.75, 3.05) is 37.9 Å². The number of ether oxygens (including phenoxy) is 1. The fourth-order valence-corrected chi connectivity index (χ4v) is 3.23. The van der Waals surface area contributed by atoms with Gasteiger partial charge in [-0.25, -0.2) is 0 Å². The van der Waals surface area contributed by atoms with Gasteiger partial charge in [-0.1, -0.05) is 20.8 Å². The molecule has 1 fully saturated rings. The highest BCUT2D eigenvalue weighted by Gasteiger charge is 2.26. The molecular weight excluding hydrogens is 314 g/mol. The first-order chi connectivity index (χ1) is 11.7. The van der Waals surface area contributed by atoms with Gasteiger partial charge in [-0.2, -0.15) is 0 Å². The van der Waals surface area contributed by atoms with Crippen LogP contribution in [0.3, 0.4) is 0 Å². The van der Waals surface area contributed by atoms with Crippen molar-refractivity contribution in [1.29, 1.82) is 0 Å². The highest BCUT2D eigenvalue weighted by molar-refractivity contribution is 5.77. The molecule has 0 aliphatic carbocycles. The molecule has 0 radical (unpaired) electrons. The van der Waals surface area contributed by atoms with Crippen LogP contribution in [-0.2, 0) is 16.1 Å². The van der Waals surface area contributed by atoms with Crippen LogP contribution < -0.4 is 10.6 Å². The third-order valence-electron chi connectivity index (χ3n) is 4.43. The van der Waals surface area contributed by atoms with E-state index in [2.05, 4.69) is 25.7 Å². The van der Waals surface area contributed by atoms with Gasteiger partial charge in [0.25, 0.3) is 0 Å². The molecule has 2 N–H and O–H groups in total. The molecule has 5 nitrogen and oxygen atoms in total. The molecule has 1 aliphatic rings. The molecule has 1 heterocycles. The maximum absolute atomic E-state index is 12.9. The summed E-state index contributed by atoms with van der Waals surface area (Å²) in [6.07, 6.45) is 2.77. The fourth-order valence-electron chi connectivity index (χ4n) is 3.23. The molecule has 1 amide bonds. The summed E-state index contributed by atoms with van der Waals surface area (Å²) in [6.45, 7) is 8.31. The number of nitrogen functional groups attached to an aromatic ring is 1. The number of hydrogen-bond donors (Lipinski definition) is 1. The van der Waals surface area contributed by atoms with Crippen molar-refractivity contribution < 1.29 is 9.53 Å². The zero-order valence-corrected chi connectivity index (χ0v) is 16.3. The zero-order chi connectivity index (χ0) is 18.6. The van der Waals surface area contributed by atoms with E-state index in [-0.39, 0.29) is 17.4 Å². The maximum Gasteiger partial charge on any atom is 0.223 e. The van der Waals surface area contributed by atoms with Gasteiger partial charge < -0.3 is 20.3 Å². The van der Waals surface area contributed by atoms with Crippen molar-refractivity contribution in [3.63, 3.8) is 0 Å².